The Bertz CT molecular complexity index is 1960. The molecule has 1 N–H and O–H groups in total. The van der Waals surface area contributed by atoms with Gasteiger partial charge in [0.2, 0.25) is 5.91 Å². The monoisotopic (exact) mass is 702 g/mol. The van der Waals surface area contributed by atoms with Crippen molar-refractivity contribution in [1.29, 1.82) is 0 Å². The summed E-state index contributed by atoms with van der Waals surface area (Å²) in [5.74, 6) is -5.05. The number of amides is 2. The molecule has 11 nitrogen and oxygen atoms in total. The van der Waals surface area contributed by atoms with Gasteiger partial charge in [-0.05, 0) is 74.2 Å². The maximum Gasteiger partial charge on any atom is 0.491 e. The van der Waals surface area contributed by atoms with Crippen LogP contribution in [0.1, 0.15) is 40.9 Å². The second-order valence-corrected chi connectivity index (χ2v) is 13.8. The van der Waals surface area contributed by atoms with Crippen LogP contribution < -0.4 is 14.8 Å². The summed E-state index contributed by atoms with van der Waals surface area (Å²) in [6.07, 6.45) is -0.0547. The van der Waals surface area contributed by atoms with Gasteiger partial charge in [-0.1, -0.05) is 6.07 Å². The smallest absolute Gasteiger partial charge is 0.453 e. The molecule has 2 amide bonds. The van der Waals surface area contributed by atoms with Crippen molar-refractivity contribution in [3.05, 3.63) is 76.9 Å². The Labute approximate surface area is 277 Å². The van der Waals surface area contributed by atoms with E-state index in [2.05, 4.69) is 15.3 Å². The molecule has 0 spiro atoms. The van der Waals surface area contributed by atoms with Gasteiger partial charge in [0.15, 0.2) is 26.5 Å². The maximum absolute atomic E-state index is 13.7. The number of esters is 1. The minimum atomic E-state index is -5.43. The van der Waals surface area contributed by atoms with Crippen LogP contribution in [0.5, 0.6) is 17.2 Å². The fourth-order valence-electron chi connectivity index (χ4n) is 4.93. The van der Waals surface area contributed by atoms with Crippen molar-refractivity contribution in [3.8, 4) is 28.5 Å². The van der Waals surface area contributed by atoms with Crippen LogP contribution in [0.4, 0.5) is 18.3 Å². The summed E-state index contributed by atoms with van der Waals surface area (Å²) in [6, 6.07) is 10.8. The molecular weight excluding hydrogens is 674 g/mol. The number of anilines is 1. The van der Waals surface area contributed by atoms with Crippen LogP contribution in [-0.4, -0.2) is 66.6 Å². The minimum absolute atomic E-state index is 0.00532. The first-order chi connectivity index (χ1) is 22.7. The van der Waals surface area contributed by atoms with E-state index in [0.29, 0.717) is 30.0 Å². The van der Waals surface area contributed by atoms with Gasteiger partial charge in [0, 0.05) is 36.5 Å². The Kier molecular flexibility index (Phi) is 10.1. The number of hydrogen-bond donors (Lipinski definition) is 1. The lowest BCUT2D eigenvalue weighted by atomic mass is 10.0. The SMILES string of the molecule is Cc1cccnc1-c1cc(Oc2ccc(S(C)(=O)=O)cc2)c(OC(=O)C(F)(F)F)c(C(=O)Nc2nc(CC(=O)N3CCCCC3)cs2)c1. The van der Waals surface area contributed by atoms with E-state index >= 15 is 0 Å². The van der Waals surface area contributed by atoms with E-state index in [4.69, 9.17) is 9.47 Å². The Morgan fingerprint density at radius 1 is 1.04 bits per heavy atom. The molecule has 2 aromatic carbocycles. The van der Waals surface area contributed by atoms with E-state index in [1.807, 2.05) is 0 Å². The number of likely N-dealkylation sites (tertiary alicyclic amines) is 1. The summed E-state index contributed by atoms with van der Waals surface area (Å²) in [6.45, 7) is 3.04. The molecule has 1 aliphatic heterocycles. The summed E-state index contributed by atoms with van der Waals surface area (Å²) in [5.41, 5.74) is 1.12. The maximum atomic E-state index is 13.7. The lowest BCUT2D eigenvalue weighted by Gasteiger charge is -2.26. The third-order valence-electron chi connectivity index (χ3n) is 7.30. The number of nitrogens with one attached hydrogen (secondary N) is 1. The quantitative estimate of drug-likeness (QED) is 0.164. The Balaban J connectivity index is 1.54. The molecule has 5 rings (SSSR count). The number of aryl methyl sites for hydroxylation is 1. The summed E-state index contributed by atoms with van der Waals surface area (Å²) in [5, 5.41) is 4.16. The average molecular weight is 703 g/mol. The van der Waals surface area contributed by atoms with Crippen molar-refractivity contribution in [2.75, 3.05) is 24.7 Å². The number of carbonyl (C=O) groups is 3. The van der Waals surface area contributed by atoms with Gasteiger partial charge in [-0.15, -0.1) is 11.3 Å². The zero-order chi connectivity index (χ0) is 34.6. The van der Waals surface area contributed by atoms with Crippen molar-refractivity contribution >= 4 is 44.1 Å². The highest BCUT2D eigenvalue weighted by Gasteiger charge is 2.43. The summed E-state index contributed by atoms with van der Waals surface area (Å²) < 4.78 is 74.8. The number of alkyl halides is 3. The number of halogens is 3. The van der Waals surface area contributed by atoms with Crippen LogP contribution in [0.25, 0.3) is 11.3 Å². The number of thiazole rings is 1. The molecule has 16 heteroatoms. The Hall–Kier alpha value is -4.83. The third-order valence-corrected chi connectivity index (χ3v) is 9.24. The number of aromatic nitrogens is 2. The highest BCUT2D eigenvalue weighted by atomic mass is 32.2. The normalized spacial score (nSPS) is 13.6. The lowest BCUT2D eigenvalue weighted by Crippen LogP contribution is -2.36. The van der Waals surface area contributed by atoms with Gasteiger partial charge in [-0.25, -0.2) is 18.2 Å². The van der Waals surface area contributed by atoms with Gasteiger partial charge in [0.25, 0.3) is 5.91 Å². The van der Waals surface area contributed by atoms with Crippen molar-refractivity contribution in [1.82, 2.24) is 14.9 Å². The standard InChI is InChI=1S/C32H29F3N4O7S2/c1-19-7-6-12-36-27(19)20-15-24(29(41)38-31-37-21(18-47-31)17-26(40)39-13-4-3-5-14-39)28(46-30(42)32(33,34)35)25(16-20)45-22-8-10-23(11-9-22)48(2,43)44/h6-12,15-16,18H,3-5,13-14,17H2,1-2H3,(H,37,38,41). The first-order valence-electron chi connectivity index (χ1n) is 14.6. The van der Waals surface area contributed by atoms with E-state index in [1.54, 1.807) is 29.3 Å². The molecule has 0 atom stereocenters. The minimum Gasteiger partial charge on any atom is -0.453 e. The number of rotatable bonds is 9. The molecule has 0 bridgehead atoms. The van der Waals surface area contributed by atoms with Crippen molar-refractivity contribution in [2.45, 2.75) is 43.7 Å². The molecule has 0 unspecified atom stereocenters. The highest BCUT2D eigenvalue weighted by molar-refractivity contribution is 7.90. The number of sulfone groups is 1. The third kappa shape index (κ3) is 8.36. The number of hydrogen-bond acceptors (Lipinski definition) is 10. The molecule has 4 aromatic rings. The predicted molar refractivity (Wildman–Crippen MR) is 170 cm³/mol. The number of piperidine rings is 1. The van der Waals surface area contributed by atoms with Gasteiger partial charge in [-0.3, -0.25) is 19.9 Å². The summed E-state index contributed by atoms with van der Waals surface area (Å²) in [4.78, 5) is 48.9. The molecule has 252 valence electrons. The fourth-order valence-corrected chi connectivity index (χ4v) is 6.26. The predicted octanol–water partition coefficient (Wildman–Crippen LogP) is 5.98. The van der Waals surface area contributed by atoms with Crippen LogP contribution in [0.15, 0.2) is 65.0 Å². The first kappa shape index (κ1) is 34.5. The number of carbonyl (C=O) groups excluding carboxylic acids is 3. The van der Waals surface area contributed by atoms with E-state index in [1.165, 1.54) is 42.6 Å². The lowest BCUT2D eigenvalue weighted by molar-refractivity contribution is -0.189. The summed E-state index contributed by atoms with van der Waals surface area (Å²) >= 11 is 1.00. The second-order valence-electron chi connectivity index (χ2n) is 11.0. The summed E-state index contributed by atoms with van der Waals surface area (Å²) in [7, 11) is -3.58. The molecule has 1 saturated heterocycles. The van der Waals surface area contributed by atoms with Crippen molar-refractivity contribution in [2.24, 2.45) is 0 Å². The van der Waals surface area contributed by atoms with Crippen LogP contribution in [0.3, 0.4) is 0 Å². The molecule has 0 radical (unpaired) electrons. The van der Waals surface area contributed by atoms with Gasteiger partial charge in [0.1, 0.15) is 5.75 Å². The average Bonchev–Trinajstić information content (AvgIpc) is 3.48. The molecule has 0 saturated carbocycles. The zero-order valence-corrected chi connectivity index (χ0v) is 27.3. The number of ether oxygens (including phenoxy) is 2. The van der Waals surface area contributed by atoms with Crippen molar-refractivity contribution in [3.63, 3.8) is 0 Å². The van der Waals surface area contributed by atoms with E-state index in [0.717, 1.165) is 36.9 Å². The van der Waals surface area contributed by atoms with Crippen LogP contribution in [0.2, 0.25) is 0 Å². The fraction of sp³-hybridized carbons (Fsp3) is 0.281. The van der Waals surface area contributed by atoms with Crippen LogP contribution >= 0.6 is 11.3 Å². The molecule has 3 heterocycles. The zero-order valence-electron chi connectivity index (χ0n) is 25.7. The molecule has 1 aliphatic rings. The molecule has 48 heavy (non-hydrogen) atoms. The van der Waals surface area contributed by atoms with Crippen LogP contribution in [0, 0.1) is 6.92 Å². The van der Waals surface area contributed by atoms with Gasteiger partial charge in [0.05, 0.1) is 28.3 Å². The Morgan fingerprint density at radius 3 is 2.40 bits per heavy atom. The Morgan fingerprint density at radius 2 is 1.75 bits per heavy atom. The number of nitrogens with zero attached hydrogens (tertiary/aromatic N) is 3. The van der Waals surface area contributed by atoms with Gasteiger partial charge in [-0.2, -0.15) is 13.2 Å². The van der Waals surface area contributed by atoms with Crippen LogP contribution in [-0.2, 0) is 25.8 Å². The molecule has 0 aliphatic carbocycles. The highest BCUT2D eigenvalue weighted by Crippen LogP contribution is 2.41. The van der Waals surface area contributed by atoms with Gasteiger partial charge >= 0.3 is 12.1 Å². The van der Waals surface area contributed by atoms with E-state index < -0.39 is 45.0 Å². The molecule has 1 fully saturated rings. The first-order valence-corrected chi connectivity index (χ1v) is 17.4. The largest absolute Gasteiger partial charge is 0.491 e. The topological polar surface area (TPSA) is 145 Å². The molecule has 2 aromatic heterocycles. The second kappa shape index (κ2) is 14.1. The van der Waals surface area contributed by atoms with E-state index in [9.17, 15) is 36.0 Å². The van der Waals surface area contributed by atoms with Crippen molar-refractivity contribution < 1.29 is 45.4 Å². The number of benzene rings is 2. The van der Waals surface area contributed by atoms with Gasteiger partial charge < -0.3 is 14.4 Å². The van der Waals surface area contributed by atoms with E-state index in [-0.39, 0.29) is 33.7 Å². The molecular formula is C32H29F3N4O7S2. The number of pyridine rings is 1.